The molecule has 2 fully saturated rings. The van der Waals surface area contributed by atoms with Crippen molar-refractivity contribution >= 4 is 6.03 Å². The summed E-state index contributed by atoms with van der Waals surface area (Å²) in [6.07, 6.45) is 4.23. The van der Waals surface area contributed by atoms with E-state index >= 15 is 0 Å². The highest BCUT2D eigenvalue weighted by Gasteiger charge is 2.52. The topological polar surface area (TPSA) is 76.4 Å². The average molecular weight is 389 g/mol. The number of carbonyl (C=O) groups excluding carboxylic acids is 1. The fourth-order valence-corrected chi connectivity index (χ4v) is 4.76. The highest BCUT2D eigenvalue weighted by atomic mass is 16.3. The number of aliphatic hydroxyl groups is 1. The molecule has 1 saturated carbocycles. The molecule has 3 atom stereocenters. The van der Waals surface area contributed by atoms with Gasteiger partial charge in [-0.25, -0.2) is 4.79 Å². The summed E-state index contributed by atoms with van der Waals surface area (Å²) >= 11 is 0. The first-order chi connectivity index (χ1) is 14.1. The van der Waals surface area contributed by atoms with Crippen LogP contribution in [0.5, 0.6) is 0 Å². The van der Waals surface area contributed by atoms with Gasteiger partial charge in [-0.2, -0.15) is 5.26 Å². The standard InChI is InChI=1S/C24H27N3O2/c1-16-10-12-17(13-11-16)19-8-4-5-9-20(19)23-21(14-25)27(22(23)15-28)24(29)26-18-6-2-3-7-18/h4-5,8-13,18,21-23,28H,2-3,6-7,15H2,1H3,(H,26,29)/t21-,22+,23-/m1/s1. The number of likely N-dealkylation sites (tertiary alicyclic amines) is 1. The molecule has 0 spiro atoms. The Labute approximate surface area is 172 Å². The largest absolute Gasteiger partial charge is 0.394 e. The Balaban J connectivity index is 1.62. The summed E-state index contributed by atoms with van der Waals surface area (Å²) in [6, 6.07) is 17.6. The van der Waals surface area contributed by atoms with E-state index in [0.29, 0.717) is 0 Å². The van der Waals surface area contributed by atoms with E-state index in [-0.39, 0.29) is 24.6 Å². The van der Waals surface area contributed by atoms with Gasteiger partial charge in [0.1, 0.15) is 6.04 Å². The minimum Gasteiger partial charge on any atom is -0.394 e. The summed E-state index contributed by atoms with van der Waals surface area (Å²) in [7, 11) is 0. The van der Waals surface area contributed by atoms with Crippen LogP contribution < -0.4 is 5.32 Å². The number of nitriles is 1. The molecule has 1 aliphatic carbocycles. The molecule has 4 rings (SSSR count). The van der Waals surface area contributed by atoms with Gasteiger partial charge in [0, 0.05) is 12.0 Å². The number of hydrogen-bond donors (Lipinski definition) is 2. The fraction of sp³-hybridized carbons (Fsp3) is 0.417. The Kier molecular flexibility index (Phi) is 5.55. The number of benzene rings is 2. The van der Waals surface area contributed by atoms with E-state index in [1.165, 1.54) is 10.5 Å². The molecular weight excluding hydrogens is 362 g/mol. The van der Waals surface area contributed by atoms with Crippen molar-refractivity contribution in [3.8, 4) is 17.2 Å². The van der Waals surface area contributed by atoms with Gasteiger partial charge < -0.3 is 15.3 Å². The molecule has 0 unspecified atom stereocenters. The third-order valence-electron chi connectivity index (χ3n) is 6.33. The van der Waals surface area contributed by atoms with Crippen LogP contribution >= 0.6 is 0 Å². The minimum atomic E-state index is -0.583. The molecule has 2 aromatic carbocycles. The number of aryl methyl sites for hydroxylation is 1. The number of amides is 2. The molecule has 1 heterocycles. The van der Waals surface area contributed by atoms with Crippen molar-refractivity contribution < 1.29 is 9.90 Å². The minimum absolute atomic E-state index is 0.164. The second kappa shape index (κ2) is 8.26. The summed E-state index contributed by atoms with van der Waals surface area (Å²) in [4.78, 5) is 14.4. The Bertz CT molecular complexity index is 912. The normalized spacial score (nSPS) is 24.0. The van der Waals surface area contributed by atoms with Crippen molar-refractivity contribution in [1.82, 2.24) is 10.2 Å². The van der Waals surface area contributed by atoms with Crippen LogP contribution in [0, 0.1) is 18.3 Å². The molecule has 1 saturated heterocycles. The van der Waals surface area contributed by atoms with Gasteiger partial charge in [0.05, 0.1) is 18.7 Å². The molecule has 2 N–H and O–H groups in total. The van der Waals surface area contributed by atoms with Crippen LogP contribution in [-0.4, -0.2) is 40.8 Å². The Morgan fingerprint density at radius 3 is 2.52 bits per heavy atom. The van der Waals surface area contributed by atoms with Crippen molar-refractivity contribution in [2.75, 3.05) is 6.61 Å². The Morgan fingerprint density at radius 1 is 1.17 bits per heavy atom. The van der Waals surface area contributed by atoms with Gasteiger partial charge in [-0.1, -0.05) is 66.9 Å². The number of nitrogens with one attached hydrogen (secondary N) is 1. The maximum atomic E-state index is 12.8. The Hall–Kier alpha value is -2.84. The molecule has 1 aliphatic heterocycles. The lowest BCUT2D eigenvalue weighted by Crippen LogP contribution is -2.67. The summed E-state index contributed by atoms with van der Waals surface area (Å²) in [5, 5.41) is 23.0. The zero-order chi connectivity index (χ0) is 20.4. The van der Waals surface area contributed by atoms with Gasteiger partial charge in [0.15, 0.2) is 0 Å². The molecule has 5 heteroatoms. The first kappa shape index (κ1) is 19.5. The molecule has 0 radical (unpaired) electrons. The van der Waals surface area contributed by atoms with Gasteiger partial charge in [-0.15, -0.1) is 0 Å². The molecule has 5 nitrogen and oxygen atoms in total. The second-order valence-corrected chi connectivity index (χ2v) is 8.14. The third-order valence-corrected chi connectivity index (χ3v) is 6.33. The lowest BCUT2D eigenvalue weighted by Gasteiger charge is -2.52. The van der Waals surface area contributed by atoms with Crippen LogP contribution in [0.4, 0.5) is 4.79 Å². The molecule has 150 valence electrons. The number of aliphatic hydroxyl groups excluding tert-OH is 1. The van der Waals surface area contributed by atoms with Crippen LogP contribution in [0.1, 0.15) is 42.7 Å². The van der Waals surface area contributed by atoms with Gasteiger partial charge in [0.25, 0.3) is 0 Å². The smallest absolute Gasteiger partial charge is 0.319 e. The summed E-state index contributed by atoms with van der Waals surface area (Å²) in [5.74, 6) is -0.211. The number of carbonyl (C=O) groups is 1. The van der Waals surface area contributed by atoms with E-state index in [0.717, 1.165) is 42.4 Å². The molecule has 2 aliphatic rings. The number of nitrogens with zero attached hydrogens (tertiary/aromatic N) is 2. The van der Waals surface area contributed by atoms with Crippen LogP contribution in [0.15, 0.2) is 48.5 Å². The zero-order valence-corrected chi connectivity index (χ0v) is 16.7. The van der Waals surface area contributed by atoms with Crippen LogP contribution in [-0.2, 0) is 0 Å². The third kappa shape index (κ3) is 3.61. The van der Waals surface area contributed by atoms with E-state index < -0.39 is 12.1 Å². The van der Waals surface area contributed by atoms with Crippen molar-refractivity contribution in [2.24, 2.45) is 0 Å². The van der Waals surface area contributed by atoms with Crippen molar-refractivity contribution in [3.05, 3.63) is 59.7 Å². The maximum Gasteiger partial charge on any atom is 0.319 e. The summed E-state index contributed by atoms with van der Waals surface area (Å²) in [5.41, 5.74) is 4.32. The number of hydrogen-bond acceptors (Lipinski definition) is 3. The van der Waals surface area contributed by atoms with E-state index in [1.807, 2.05) is 24.3 Å². The molecule has 29 heavy (non-hydrogen) atoms. The predicted molar refractivity (Wildman–Crippen MR) is 112 cm³/mol. The second-order valence-electron chi connectivity index (χ2n) is 8.14. The SMILES string of the molecule is Cc1ccc(-c2ccccc2[C@@H]2[C@@H](C#N)N(C(=O)NC3CCCC3)[C@H]2CO)cc1. The van der Waals surface area contributed by atoms with E-state index in [1.54, 1.807) is 0 Å². The van der Waals surface area contributed by atoms with Crippen molar-refractivity contribution in [1.29, 1.82) is 5.26 Å². The number of rotatable bonds is 4. The monoisotopic (exact) mass is 389 g/mol. The van der Waals surface area contributed by atoms with Gasteiger partial charge in [-0.3, -0.25) is 0 Å². The summed E-state index contributed by atoms with van der Waals surface area (Å²) < 4.78 is 0. The Morgan fingerprint density at radius 2 is 1.86 bits per heavy atom. The molecule has 0 bridgehead atoms. The van der Waals surface area contributed by atoms with Crippen LogP contribution in [0.3, 0.4) is 0 Å². The fourth-order valence-electron chi connectivity index (χ4n) is 4.76. The average Bonchev–Trinajstić information content (AvgIpc) is 3.22. The lowest BCUT2D eigenvalue weighted by atomic mass is 9.73. The van der Waals surface area contributed by atoms with Gasteiger partial charge in [0.2, 0.25) is 0 Å². The predicted octanol–water partition coefficient (Wildman–Crippen LogP) is 3.97. The van der Waals surface area contributed by atoms with E-state index in [2.05, 4.69) is 42.6 Å². The van der Waals surface area contributed by atoms with Crippen LogP contribution in [0.2, 0.25) is 0 Å². The van der Waals surface area contributed by atoms with Crippen molar-refractivity contribution in [3.63, 3.8) is 0 Å². The highest BCUT2D eigenvalue weighted by Crippen LogP contribution is 2.44. The van der Waals surface area contributed by atoms with Crippen molar-refractivity contribution in [2.45, 2.75) is 56.7 Å². The first-order valence-electron chi connectivity index (χ1n) is 10.4. The van der Waals surface area contributed by atoms with Gasteiger partial charge >= 0.3 is 6.03 Å². The molecule has 0 aromatic heterocycles. The van der Waals surface area contributed by atoms with E-state index in [4.69, 9.17) is 0 Å². The van der Waals surface area contributed by atoms with Crippen LogP contribution in [0.25, 0.3) is 11.1 Å². The van der Waals surface area contributed by atoms with E-state index in [9.17, 15) is 15.2 Å². The lowest BCUT2D eigenvalue weighted by molar-refractivity contribution is 0.0160. The highest BCUT2D eigenvalue weighted by molar-refractivity contribution is 5.79. The zero-order valence-electron chi connectivity index (χ0n) is 16.7. The first-order valence-corrected chi connectivity index (χ1v) is 10.4. The quantitative estimate of drug-likeness (QED) is 0.831. The molecule has 2 amide bonds. The molecule has 2 aromatic rings. The molecular formula is C24H27N3O2. The van der Waals surface area contributed by atoms with Gasteiger partial charge in [-0.05, 0) is 36.5 Å². The number of urea groups is 1. The summed E-state index contributed by atoms with van der Waals surface area (Å²) in [6.45, 7) is 1.89. The maximum absolute atomic E-state index is 12.8.